The molecule has 62 valence electrons. The molecule has 1 saturated carbocycles. The van der Waals surface area contributed by atoms with Gasteiger partial charge in [0.1, 0.15) is 0 Å². The van der Waals surface area contributed by atoms with Crippen molar-refractivity contribution in [1.29, 1.82) is 0 Å². The molecule has 0 heterocycles. The lowest BCUT2D eigenvalue weighted by molar-refractivity contribution is 0.228. The molecule has 1 fully saturated rings. The average molecular weight is 166 g/mol. The van der Waals surface area contributed by atoms with Crippen LogP contribution in [0.25, 0.3) is 0 Å². The summed E-state index contributed by atoms with van der Waals surface area (Å²) >= 11 is 0. The van der Waals surface area contributed by atoms with Crippen molar-refractivity contribution in [1.82, 2.24) is 4.31 Å². The Morgan fingerprint density at radius 3 is 2.10 bits per heavy atom. The van der Waals surface area contributed by atoms with Crippen molar-refractivity contribution < 1.29 is 9.11 Å². The van der Waals surface area contributed by atoms with E-state index in [0.717, 1.165) is 12.8 Å². The van der Waals surface area contributed by atoms with Crippen molar-refractivity contribution in [2.45, 2.75) is 25.3 Å². The van der Waals surface area contributed by atoms with Gasteiger partial charge in [0.2, 0.25) is 0 Å². The van der Waals surface area contributed by atoms with Crippen LogP contribution in [0.2, 0.25) is 0 Å². The maximum atomic E-state index is 8.96. The van der Waals surface area contributed by atoms with Crippen molar-refractivity contribution in [2.75, 3.05) is 7.05 Å². The van der Waals surface area contributed by atoms with Crippen LogP contribution >= 0.6 is 11.0 Å². The fourth-order valence-corrected chi connectivity index (χ4v) is 1.62. The highest BCUT2D eigenvalue weighted by Gasteiger charge is 2.28. The molecule has 0 saturated heterocycles. The Hall–Kier alpha value is 0.190. The van der Waals surface area contributed by atoms with Gasteiger partial charge in [-0.05, 0) is 12.8 Å². The molecule has 0 amide bonds. The summed E-state index contributed by atoms with van der Waals surface area (Å²) in [6, 6.07) is 0.287. The molecule has 0 aliphatic heterocycles. The van der Waals surface area contributed by atoms with Gasteiger partial charge in [-0.3, -0.25) is 9.11 Å². The topological polar surface area (TPSA) is 69.7 Å². The molecule has 0 bridgehead atoms. The zero-order chi connectivity index (χ0) is 7.78. The molecule has 1 rings (SSSR count). The van der Waals surface area contributed by atoms with Gasteiger partial charge in [-0.15, -0.1) is 0 Å². The van der Waals surface area contributed by atoms with Crippen LogP contribution in [0.3, 0.4) is 0 Å². The van der Waals surface area contributed by atoms with Gasteiger partial charge < -0.3 is 0 Å². The molecule has 1 aliphatic carbocycles. The largest absolute Gasteiger partial charge is 0.273 e. The lowest BCUT2D eigenvalue weighted by Crippen LogP contribution is -2.41. The highest BCUT2D eigenvalue weighted by atomic mass is 32.3. The summed E-state index contributed by atoms with van der Waals surface area (Å²) in [5, 5.41) is 5.11. The predicted molar refractivity (Wildman–Crippen MR) is 42.4 cm³/mol. The first-order valence-electron chi connectivity index (χ1n) is 3.31. The number of hydrogen-bond donors (Lipinski definition) is 3. The zero-order valence-electron chi connectivity index (χ0n) is 6.03. The van der Waals surface area contributed by atoms with Crippen molar-refractivity contribution in [3.8, 4) is 0 Å². The van der Waals surface area contributed by atoms with E-state index in [2.05, 4.69) is 0 Å². The lowest BCUT2D eigenvalue weighted by atomic mass is 9.94. The average Bonchev–Trinajstić information content (AvgIpc) is 1.57. The van der Waals surface area contributed by atoms with E-state index in [-0.39, 0.29) is 6.04 Å². The van der Waals surface area contributed by atoms with E-state index < -0.39 is 11.0 Å². The summed E-state index contributed by atoms with van der Waals surface area (Å²) in [6.07, 6.45) is 3.23. The van der Waals surface area contributed by atoms with Gasteiger partial charge in [-0.25, -0.2) is 5.14 Å². The normalized spacial score (nSPS) is 22.9. The molecule has 0 aromatic rings. The fourth-order valence-electron chi connectivity index (χ4n) is 0.970. The molecule has 0 aromatic heterocycles. The first-order valence-corrected chi connectivity index (χ1v) is 4.87. The third kappa shape index (κ3) is 1.62. The monoisotopic (exact) mass is 166 g/mol. The minimum absolute atomic E-state index is 0.287. The van der Waals surface area contributed by atoms with Crippen LogP contribution in [0.15, 0.2) is 0 Å². The van der Waals surface area contributed by atoms with Crippen LogP contribution in [-0.2, 0) is 0 Å². The van der Waals surface area contributed by atoms with Gasteiger partial charge in [0.15, 0.2) is 0 Å². The van der Waals surface area contributed by atoms with Crippen LogP contribution in [-0.4, -0.2) is 26.5 Å². The van der Waals surface area contributed by atoms with E-state index in [0.29, 0.717) is 0 Å². The molecule has 4 nitrogen and oxygen atoms in total. The molecule has 0 aromatic carbocycles. The van der Waals surface area contributed by atoms with Crippen LogP contribution in [0.5, 0.6) is 0 Å². The molecule has 0 spiro atoms. The highest BCUT2D eigenvalue weighted by molar-refractivity contribution is 8.20. The first-order chi connectivity index (χ1) is 4.52. The van der Waals surface area contributed by atoms with Gasteiger partial charge in [0, 0.05) is 13.1 Å². The van der Waals surface area contributed by atoms with E-state index in [1.54, 1.807) is 7.05 Å². The second-order valence-corrected chi connectivity index (χ2v) is 4.39. The Labute approximate surface area is 62.6 Å². The van der Waals surface area contributed by atoms with Crippen molar-refractivity contribution >= 4 is 11.0 Å². The van der Waals surface area contributed by atoms with Crippen molar-refractivity contribution in [2.24, 2.45) is 5.14 Å². The first kappa shape index (κ1) is 8.29. The number of nitrogens with zero attached hydrogens (tertiary/aromatic N) is 1. The quantitative estimate of drug-likeness (QED) is 0.572. The van der Waals surface area contributed by atoms with E-state index in [1.807, 2.05) is 0 Å². The van der Waals surface area contributed by atoms with Crippen LogP contribution in [0.4, 0.5) is 0 Å². The summed E-state index contributed by atoms with van der Waals surface area (Å²) in [6.45, 7) is 0. The molecule has 0 radical (unpaired) electrons. The Kier molecular flexibility index (Phi) is 2.21. The van der Waals surface area contributed by atoms with E-state index in [4.69, 9.17) is 14.2 Å². The van der Waals surface area contributed by atoms with Gasteiger partial charge in [-0.1, -0.05) is 17.4 Å². The molecule has 1 aliphatic rings. The minimum Gasteiger partial charge on any atom is -0.273 e. The number of rotatable bonds is 2. The number of nitrogens with two attached hydrogens (primary N) is 1. The SMILES string of the molecule is CN(C1CCC1)S(N)(O)O. The summed E-state index contributed by atoms with van der Waals surface area (Å²) < 4.78 is 19.4. The van der Waals surface area contributed by atoms with E-state index in [9.17, 15) is 0 Å². The second-order valence-electron chi connectivity index (χ2n) is 2.69. The Morgan fingerprint density at radius 2 is 2.00 bits per heavy atom. The molecule has 0 unspecified atom stereocenters. The molecular weight excluding hydrogens is 152 g/mol. The summed E-state index contributed by atoms with van der Waals surface area (Å²) in [5.41, 5.74) is 0. The fraction of sp³-hybridized carbons (Fsp3) is 1.00. The molecule has 5 heteroatoms. The maximum Gasteiger partial charge on any atom is 0.0300 e. The lowest BCUT2D eigenvalue weighted by Gasteiger charge is -2.44. The van der Waals surface area contributed by atoms with Gasteiger partial charge >= 0.3 is 0 Å². The number of hydrogen-bond acceptors (Lipinski definition) is 4. The molecular formula is C5H14N2O2S. The maximum absolute atomic E-state index is 8.96. The minimum atomic E-state index is -2.93. The highest BCUT2D eigenvalue weighted by Crippen LogP contribution is 2.39. The van der Waals surface area contributed by atoms with Crippen molar-refractivity contribution in [3.63, 3.8) is 0 Å². The molecule has 4 N–H and O–H groups in total. The van der Waals surface area contributed by atoms with Crippen LogP contribution in [0.1, 0.15) is 19.3 Å². The summed E-state index contributed by atoms with van der Waals surface area (Å²) in [5.74, 6) is 0. The summed E-state index contributed by atoms with van der Waals surface area (Å²) in [7, 11) is -1.28. The molecule has 0 atom stereocenters. The van der Waals surface area contributed by atoms with Crippen molar-refractivity contribution in [3.05, 3.63) is 0 Å². The van der Waals surface area contributed by atoms with Gasteiger partial charge in [0.25, 0.3) is 0 Å². The Morgan fingerprint density at radius 1 is 1.50 bits per heavy atom. The van der Waals surface area contributed by atoms with Crippen LogP contribution < -0.4 is 5.14 Å². The Bertz CT molecular complexity index is 121. The smallest absolute Gasteiger partial charge is 0.0300 e. The summed E-state index contributed by atoms with van der Waals surface area (Å²) in [4.78, 5) is 0. The second kappa shape index (κ2) is 2.67. The van der Waals surface area contributed by atoms with Crippen LogP contribution in [0, 0.1) is 0 Å². The Balaban J connectivity index is 2.39. The van der Waals surface area contributed by atoms with Gasteiger partial charge in [-0.2, -0.15) is 4.31 Å². The molecule has 10 heavy (non-hydrogen) atoms. The zero-order valence-corrected chi connectivity index (χ0v) is 6.84. The third-order valence-electron chi connectivity index (χ3n) is 2.01. The van der Waals surface area contributed by atoms with Gasteiger partial charge in [0.05, 0.1) is 0 Å². The van der Waals surface area contributed by atoms with E-state index >= 15 is 0 Å². The standard InChI is InChI=1S/C5H14N2O2S/c1-7(10(6,8)9)5-3-2-4-5/h5,8-9H,2-4,6H2,1H3. The third-order valence-corrected chi connectivity index (χ3v) is 3.16. The van der Waals surface area contributed by atoms with E-state index in [1.165, 1.54) is 10.7 Å². The predicted octanol–water partition coefficient (Wildman–Crippen LogP) is 1.01.